The first-order valence-corrected chi connectivity index (χ1v) is 5.70. The van der Waals surface area contributed by atoms with Gasteiger partial charge in [0.2, 0.25) is 5.82 Å². The predicted molar refractivity (Wildman–Crippen MR) is 65.1 cm³/mol. The lowest BCUT2D eigenvalue weighted by atomic mass is 10.1. The Balaban J connectivity index is 2.11. The molecule has 1 atom stereocenters. The van der Waals surface area contributed by atoms with Gasteiger partial charge >= 0.3 is 5.69 Å². The third-order valence-corrected chi connectivity index (χ3v) is 2.91. The minimum atomic E-state index is -0.525. The van der Waals surface area contributed by atoms with Crippen molar-refractivity contribution in [3.8, 4) is 6.07 Å². The van der Waals surface area contributed by atoms with E-state index in [0.717, 1.165) is 19.5 Å². The molecule has 94 valence electrons. The number of hydrogen-bond acceptors (Lipinski definition) is 6. The van der Waals surface area contributed by atoms with Gasteiger partial charge in [0.15, 0.2) is 0 Å². The fourth-order valence-corrected chi connectivity index (χ4v) is 1.92. The van der Waals surface area contributed by atoms with Crippen LogP contribution in [0.5, 0.6) is 0 Å². The van der Waals surface area contributed by atoms with Crippen LogP contribution in [0.2, 0.25) is 0 Å². The molecule has 1 saturated heterocycles. The summed E-state index contributed by atoms with van der Waals surface area (Å²) in [5.74, 6) is 0.688. The molecule has 7 nitrogen and oxygen atoms in total. The molecule has 2 rings (SSSR count). The van der Waals surface area contributed by atoms with E-state index in [2.05, 4.69) is 15.6 Å². The Morgan fingerprint density at radius 1 is 1.72 bits per heavy atom. The third-order valence-electron chi connectivity index (χ3n) is 2.91. The minimum absolute atomic E-state index is 0.153. The molecule has 1 aliphatic rings. The van der Waals surface area contributed by atoms with E-state index >= 15 is 0 Å². The van der Waals surface area contributed by atoms with Gasteiger partial charge < -0.3 is 10.6 Å². The molecule has 2 N–H and O–H groups in total. The molecule has 1 aliphatic heterocycles. The van der Waals surface area contributed by atoms with Crippen molar-refractivity contribution < 1.29 is 4.92 Å². The van der Waals surface area contributed by atoms with Crippen LogP contribution in [0.15, 0.2) is 12.3 Å². The molecule has 7 heteroatoms. The summed E-state index contributed by atoms with van der Waals surface area (Å²) in [5.41, 5.74) is 0.0368. The second-order valence-corrected chi connectivity index (χ2v) is 4.20. The van der Waals surface area contributed by atoms with Crippen LogP contribution >= 0.6 is 0 Å². The highest BCUT2D eigenvalue weighted by Crippen LogP contribution is 2.23. The van der Waals surface area contributed by atoms with Crippen LogP contribution < -0.4 is 10.6 Å². The number of anilines is 1. The topological polar surface area (TPSA) is 104 Å². The van der Waals surface area contributed by atoms with Crippen LogP contribution in [0.1, 0.15) is 12.0 Å². The van der Waals surface area contributed by atoms with Gasteiger partial charge in [0.25, 0.3) is 0 Å². The molecule has 2 heterocycles. The van der Waals surface area contributed by atoms with Crippen molar-refractivity contribution in [1.29, 1.82) is 5.26 Å². The summed E-state index contributed by atoms with van der Waals surface area (Å²) in [6, 6.07) is 3.08. The minimum Gasteiger partial charge on any atom is -0.364 e. The number of hydrogen-bond donors (Lipinski definition) is 2. The molecule has 1 aromatic rings. The fourth-order valence-electron chi connectivity index (χ4n) is 1.92. The number of nitro groups is 1. The Bertz CT molecular complexity index is 491. The Labute approximate surface area is 104 Å². The number of nitriles is 1. The number of rotatable bonds is 4. The Hall–Kier alpha value is -2.20. The summed E-state index contributed by atoms with van der Waals surface area (Å²) in [5, 5.41) is 25.8. The molecular weight excluding hydrogens is 234 g/mol. The van der Waals surface area contributed by atoms with E-state index in [1.165, 1.54) is 12.3 Å². The third kappa shape index (κ3) is 2.73. The van der Waals surface area contributed by atoms with E-state index in [1.54, 1.807) is 0 Å². The summed E-state index contributed by atoms with van der Waals surface area (Å²) in [6.45, 7) is 2.54. The van der Waals surface area contributed by atoms with Crippen LogP contribution in [0.3, 0.4) is 0 Å². The second kappa shape index (κ2) is 5.42. The summed E-state index contributed by atoms with van der Waals surface area (Å²) < 4.78 is 0. The van der Waals surface area contributed by atoms with E-state index in [-0.39, 0.29) is 17.1 Å². The van der Waals surface area contributed by atoms with Crippen molar-refractivity contribution in [2.45, 2.75) is 6.42 Å². The fraction of sp³-hybridized carbons (Fsp3) is 0.455. The zero-order valence-corrected chi connectivity index (χ0v) is 9.72. The van der Waals surface area contributed by atoms with E-state index in [0.29, 0.717) is 12.5 Å². The lowest BCUT2D eigenvalue weighted by molar-refractivity contribution is -0.384. The van der Waals surface area contributed by atoms with Crippen molar-refractivity contribution in [3.05, 3.63) is 27.9 Å². The van der Waals surface area contributed by atoms with Gasteiger partial charge in [-0.25, -0.2) is 4.98 Å². The summed E-state index contributed by atoms with van der Waals surface area (Å²) in [7, 11) is 0. The summed E-state index contributed by atoms with van der Waals surface area (Å²) >= 11 is 0. The van der Waals surface area contributed by atoms with Gasteiger partial charge in [0.05, 0.1) is 10.5 Å². The van der Waals surface area contributed by atoms with Crippen molar-refractivity contribution in [2.24, 2.45) is 5.92 Å². The summed E-state index contributed by atoms with van der Waals surface area (Å²) in [6.07, 6.45) is 2.39. The van der Waals surface area contributed by atoms with E-state index in [9.17, 15) is 10.1 Å². The molecule has 18 heavy (non-hydrogen) atoms. The lowest BCUT2D eigenvalue weighted by Crippen LogP contribution is -2.18. The lowest BCUT2D eigenvalue weighted by Gasteiger charge is -2.10. The van der Waals surface area contributed by atoms with Crippen molar-refractivity contribution in [1.82, 2.24) is 10.3 Å². The smallest absolute Gasteiger partial charge is 0.312 e. The van der Waals surface area contributed by atoms with E-state index in [4.69, 9.17) is 5.26 Å². The molecule has 0 aromatic carbocycles. The highest BCUT2D eigenvalue weighted by molar-refractivity contribution is 5.58. The number of aromatic nitrogens is 1. The first-order valence-electron chi connectivity index (χ1n) is 5.70. The van der Waals surface area contributed by atoms with Gasteiger partial charge in [0.1, 0.15) is 6.07 Å². The average Bonchev–Trinajstić information content (AvgIpc) is 2.89. The van der Waals surface area contributed by atoms with E-state index < -0.39 is 4.92 Å². The standard InChI is InChI=1S/C11H13N5O2/c12-4-9-3-10(16(17)18)11(15-7-9)14-6-8-1-2-13-5-8/h3,7-8,13H,1-2,5-6H2,(H,14,15). The molecule has 0 amide bonds. The van der Waals surface area contributed by atoms with Gasteiger partial charge in [-0.2, -0.15) is 5.26 Å². The Kier molecular flexibility index (Phi) is 3.69. The zero-order chi connectivity index (χ0) is 13.0. The zero-order valence-electron chi connectivity index (χ0n) is 9.72. The molecular formula is C11H13N5O2. The van der Waals surface area contributed by atoms with Crippen LogP contribution in [0.25, 0.3) is 0 Å². The number of pyridine rings is 1. The monoisotopic (exact) mass is 247 g/mol. The molecule has 1 aromatic heterocycles. The Morgan fingerprint density at radius 2 is 2.56 bits per heavy atom. The van der Waals surface area contributed by atoms with Gasteiger partial charge in [-0.15, -0.1) is 0 Å². The highest BCUT2D eigenvalue weighted by Gasteiger charge is 2.19. The van der Waals surface area contributed by atoms with Gasteiger partial charge in [-0.05, 0) is 25.4 Å². The van der Waals surface area contributed by atoms with Crippen molar-refractivity contribution in [2.75, 3.05) is 25.0 Å². The van der Waals surface area contributed by atoms with Crippen LogP contribution in [-0.2, 0) is 0 Å². The largest absolute Gasteiger partial charge is 0.364 e. The summed E-state index contributed by atoms with van der Waals surface area (Å²) in [4.78, 5) is 14.3. The maximum Gasteiger partial charge on any atom is 0.312 e. The molecule has 0 spiro atoms. The van der Waals surface area contributed by atoms with Crippen LogP contribution in [0, 0.1) is 27.4 Å². The Morgan fingerprint density at radius 3 is 3.17 bits per heavy atom. The van der Waals surface area contributed by atoms with Crippen molar-refractivity contribution >= 4 is 11.5 Å². The molecule has 0 aliphatic carbocycles. The first kappa shape index (κ1) is 12.3. The average molecular weight is 247 g/mol. The first-order chi connectivity index (χ1) is 8.70. The van der Waals surface area contributed by atoms with Gasteiger partial charge in [-0.3, -0.25) is 10.1 Å². The normalized spacial score (nSPS) is 18.3. The van der Waals surface area contributed by atoms with Gasteiger partial charge in [0, 0.05) is 18.8 Å². The van der Waals surface area contributed by atoms with Crippen LogP contribution in [0.4, 0.5) is 11.5 Å². The highest BCUT2D eigenvalue weighted by atomic mass is 16.6. The molecule has 1 fully saturated rings. The number of nitrogens with zero attached hydrogens (tertiary/aromatic N) is 3. The predicted octanol–water partition coefficient (Wildman–Crippen LogP) is 0.883. The maximum atomic E-state index is 10.9. The van der Waals surface area contributed by atoms with E-state index in [1.807, 2.05) is 6.07 Å². The molecule has 0 saturated carbocycles. The van der Waals surface area contributed by atoms with Crippen LogP contribution in [-0.4, -0.2) is 29.5 Å². The molecule has 0 radical (unpaired) electrons. The molecule has 1 unspecified atom stereocenters. The number of nitrogens with one attached hydrogen (secondary N) is 2. The second-order valence-electron chi connectivity index (χ2n) is 4.20. The maximum absolute atomic E-state index is 10.9. The van der Waals surface area contributed by atoms with Gasteiger partial charge in [-0.1, -0.05) is 0 Å². The molecule has 0 bridgehead atoms. The van der Waals surface area contributed by atoms with Crippen molar-refractivity contribution in [3.63, 3.8) is 0 Å². The SMILES string of the molecule is N#Cc1cnc(NCC2CCNC2)c([N+](=O)[O-])c1. The quantitative estimate of drug-likeness (QED) is 0.604.